The van der Waals surface area contributed by atoms with Crippen LogP contribution in [0.15, 0.2) is 83.9 Å². The van der Waals surface area contributed by atoms with Crippen molar-refractivity contribution in [2.75, 3.05) is 39.3 Å². The van der Waals surface area contributed by atoms with Crippen LogP contribution in [-0.2, 0) is 4.79 Å². The zero-order valence-corrected chi connectivity index (χ0v) is 24.0. The van der Waals surface area contributed by atoms with E-state index < -0.39 is 9.85 Å². The third kappa shape index (κ3) is 7.98. The van der Waals surface area contributed by atoms with Crippen LogP contribution in [0.3, 0.4) is 0 Å². The molecule has 1 heterocycles. The number of rotatable bonds is 11. The highest BCUT2D eigenvalue weighted by molar-refractivity contribution is 6.15. The minimum atomic E-state index is -0.504. The number of likely N-dealkylation sites (tertiary alicyclic amines) is 1. The van der Waals surface area contributed by atoms with Crippen LogP contribution in [0, 0.1) is 20.2 Å². The summed E-state index contributed by atoms with van der Waals surface area (Å²) in [6.45, 7) is 7.46. The Balaban J connectivity index is 1.59. The first-order valence-electron chi connectivity index (χ1n) is 13.9. The fourth-order valence-corrected chi connectivity index (χ4v) is 4.68. The summed E-state index contributed by atoms with van der Waals surface area (Å²) in [7, 11) is 0. The Morgan fingerprint density at radius 2 is 1.28 bits per heavy atom. The van der Waals surface area contributed by atoms with Gasteiger partial charge in [-0.2, -0.15) is 0 Å². The first-order chi connectivity index (χ1) is 20.7. The lowest BCUT2D eigenvalue weighted by molar-refractivity contribution is -0.385. The van der Waals surface area contributed by atoms with E-state index in [9.17, 15) is 29.8 Å². The Bertz CT molecular complexity index is 1460. The normalized spacial score (nSPS) is 15.2. The highest BCUT2D eigenvalue weighted by Gasteiger charge is 2.30. The number of non-ortho nitro benzene ring substituents is 2. The Hall–Kier alpha value is -5.16. The van der Waals surface area contributed by atoms with E-state index in [2.05, 4.69) is 18.7 Å². The van der Waals surface area contributed by atoms with Crippen molar-refractivity contribution in [1.29, 1.82) is 0 Å². The lowest BCUT2D eigenvalue weighted by Gasteiger charge is -2.30. The summed E-state index contributed by atoms with van der Waals surface area (Å²) in [5, 5.41) is 22.1. The van der Waals surface area contributed by atoms with Crippen LogP contribution >= 0.6 is 0 Å². The van der Waals surface area contributed by atoms with Gasteiger partial charge in [-0.25, -0.2) is 0 Å². The number of Topliss-reactive ketones (excluding diaryl/α,β-unsaturated/α-hetero) is 1. The molecule has 4 rings (SSSR count). The summed E-state index contributed by atoms with van der Waals surface area (Å²) in [6, 6.07) is 18.4. The molecular formula is C32H32N4O7. The number of benzene rings is 3. The van der Waals surface area contributed by atoms with Crippen molar-refractivity contribution >= 4 is 35.2 Å². The SMILES string of the molecule is CCN(CC)CCOc1ccc(C(=O)N2C/C(=C/c3ccc([N+](=O)[O-])cc3)C(=O)/C(=C/c3ccc([N+](=O)[O-])cc3)C2)cc1. The topological polar surface area (TPSA) is 136 Å². The van der Waals surface area contributed by atoms with Crippen LogP contribution in [0.5, 0.6) is 5.75 Å². The van der Waals surface area contributed by atoms with Crippen LogP contribution in [0.25, 0.3) is 12.2 Å². The predicted molar refractivity (Wildman–Crippen MR) is 163 cm³/mol. The maximum absolute atomic E-state index is 13.6. The predicted octanol–water partition coefficient (Wildman–Crippen LogP) is 5.42. The second-order valence-corrected chi connectivity index (χ2v) is 9.93. The average Bonchev–Trinajstić information content (AvgIpc) is 3.01. The van der Waals surface area contributed by atoms with Crippen LogP contribution in [0.1, 0.15) is 35.3 Å². The quantitative estimate of drug-likeness (QED) is 0.166. The minimum absolute atomic E-state index is 0.0361. The molecule has 11 nitrogen and oxygen atoms in total. The van der Waals surface area contributed by atoms with Gasteiger partial charge >= 0.3 is 0 Å². The number of carbonyl (C=O) groups excluding carboxylic acids is 2. The Kier molecular flexibility index (Phi) is 10.1. The van der Waals surface area contributed by atoms with E-state index in [1.165, 1.54) is 48.5 Å². The van der Waals surface area contributed by atoms with E-state index in [-0.39, 0.29) is 36.2 Å². The Morgan fingerprint density at radius 1 is 0.814 bits per heavy atom. The molecule has 0 spiro atoms. The van der Waals surface area contributed by atoms with Crippen LogP contribution in [0.4, 0.5) is 11.4 Å². The molecule has 222 valence electrons. The molecule has 11 heteroatoms. The van der Waals surface area contributed by atoms with Gasteiger partial charge in [-0.15, -0.1) is 0 Å². The van der Waals surface area contributed by atoms with Crippen molar-refractivity contribution in [3.05, 3.63) is 121 Å². The molecule has 1 aliphatic heterocycles. The van der Waals surface area contributed by atoms with Crippen molar-refractivity contribution in [2.45, 2.75) is 13.8 Å². The highest BCUT2D eigenvalue weighted by atomic mass is 16.6. The van der Waals surface area contributed by atoms with Gasteiger partial charge in [0.05, 0.1) is 22.9 Å². The lowest BCUT2D eigenvalue weighted by atomic mass is 9.93. The Morgan fingerprint density at radius 3 is 1.70 bits per heavy atom. The lowest BCUT2D eigenvalue weighted by Crippen LogP contribution is -2.41. The van der Waals surface area contributed by atoms with E-state index in [0.717, 1.165) is 19.6 Å². The number of nitro benzene ring substituents is 2. The number of piperidine rings is 1. The average molecular weight is 585 g/mol. The summed E-state index contributed by atoms with van der Waals surface area (Å²) in [5.74, 6) is 0.0825. The van der Waals surface area contributed by atoms with Crippen molar-refractivity contribution in [1.82, 2.24) is 9.80 Å². The summed E-state index contributed by atoms with van der Waals surface area (Å²) in [4.78, 5) is 52.0. The molecule has 3 aromatic carbocycles. The van der Waals surface area contributed by atoms with Crippen molar-refractivity contribution in [2.24, 2.45) is 0 Å². The van der Waals surface area contributed by atoms with Crippen molar-refractivity contribution < 1.29 is 24.2 Å². The van der Waals surface area contributed by atoms with Crippen molar-refractivity contribution in [3.8, 4) is 5.75 Å². The van der Waals surface area contributed by atoms with E-state index >= 15 is 0 Å². The van der Waals surface area contributed by atoms with Gasteiger partial charge in [-0.05, 0) is 84.9 Å². The number of ether oxygens (including phenoxy) is 1. The molecule has 0 bridgehead atoms. The number of nitro groups is 2. The van der Waals surface area contributed by atoms with Crippen LogP contribution in [0.2, 0.25) is 0 Å². The zero-order chi connectivity index (χ0) is 30.9. The maximum atomic E-state index is 13.6. The molecular weight excluding hydrogens is 552 g/mol. The molecule has 0 aliphatic carbocycles. The second-order valence-electron chi connectivity index (χ2n) is 9.93. The smallest absolute Gasteiger partial charge is 0.269 e. The number of amides is 1. The first-order valence-corrected chi connectivity index (χ1v) is 13.9. The third-order valence-corrected chi connectivity index (χ3v) is 7.15. The number of carbonyl (C=O) groups is 2. The number of nitrogens with zero attached hydrogens (tertiary/aromatic N) is 4. The molecule has 0 N–H and O–H groups in total. The second kappa shape index (κ2) is 14.1. The molecule has 0 unspecified atom stereocenters. The summed E-state index contributed by atoms with van der Waals surface area (Å²) >= 11 is 0. The fraction of sp³-hybridized carbons (Fsp3) is 0.250. The summed E-state index contributed by atoms with van der Waals surface area (Å²) in [5.41, 5.74) is 2.08. The van der Waals surface area contributed by atoms with Gasteiger partial charge in [0.2, 0.25) is 0 Å². The largest absolute Gasteiger partial charge is 0.492 e. The van der Waals surface area contributed by atoms with Gasteiger partial charge in [0.15, 0.2) is 5.78 Å². The van der Waals surface area contributed by atoms with E-state index in [4.69, 9.17) is 4.74 Å². The minimum Gasteiger partial charge on any atom is -0.492 e. The zero-order valence-electron chi connectivity index (χ0n) is 24.0. The van der Waals surface area contributed by atoms with Gasteiger partial charge in [0.25, 0.3) is 17.3 Å². The van der Waals surface area contributed by atoms with Gasteiger partial charge < -0.3 is 14.5 Å². The standard InChI is InChI=1S/C32H32N4O7/c1-3-33(4-2)17-18-43-30-15-9-25(10-16-30)32(38)34-21-26(19-23-5-11-28(12-6-23)35(39)40)31(37)27(22-34)20-24-7-13-29(14-8-24)36(41)42/h5-16,19-20H,3-4,17-18,21-22H2,1-2H3/b26-19-,27-20+. The molecule has 3 aromatic rings. The molecule has 1 fully saturated rings. The number of hydrogen-bond donors (Lipinski definition) is 0. The first kappa shape index (κ1) is 30.8. The summed E-state index contributed by atoms with van der Waals surface area (Å²) < 4.78 is 5.83. The van der Waals surface area contributed by atoms with Gasteiger partial charge in [0.1, 0.15) is 12.4 Å². The van der Waals surface area contributed by atoms with Gasteiger partial charge in [-0.3, -0.25) is 29.8 Å². The third-order valence-electron chi connectivity index (χ3n) is 7.15. The number of hydrogen-bond acceptors (Lipinski definition) is 8. The number of ketones is 1. The number of likely N-dealkylation sites (N-methyl/N-ethyl adjacent to an activating group) is 1. The van der Waals surface area contributed by atoms with Crippen LogP contribution < -0.4 is 4.74 Å². The van der Waals surface area contributed by atoms with Gasteiger partial charge in [-0.1, -0.05) is 13.8 Å². The van der Waals surface area contributed by atoms with E-state index in [1.54, 1.807) is 41.3 Å². The van der Waals surface area contributed by atoms with E-state index in [0.29, 0.717) is 40.2 Å². The van der Waals surface area contributed by atoms with Crippen LogP contribution in [-0.4, -0.2) is 70.7 Å². The maximum Gasteiger partial charge on any atom is 0.269 e. The Labute approximate surface area is 249 Å². The molecule has 0 saturated carbocycles. The monoisotopic (exact) mass is 584 g/mol. The van der Waals surface area contributed by atoms with Crippen molar-refractivity contribution in [3.63, 3.8) is 0 Å². The molecule has 0 atom stereocenters. The van der Waals surface area contributed by atoms with Gasteiger partial charge in [0, 0.05) is 47.5 Å². The fourth-order valence-electron chi connectivity index (χ4n) is 4.68. The molecule has 43 heavy (non-hydrogen) atoms. The molecule has 1 aliphatic rings. The molecule has 0 aromatic heterocycles. The molecule has 0 radical (unpaired) electrons. The van der Waals surface area contributed by atoms with E-state index in [1.807, 2.05) is 0 Å². The molecule has 1 amide bonds. The molecule has 1 saturated heterocycles. The highest BCUT2D eigenvalue weighted by Crippen LogP contribution is 2.25. The summed E-state index contributed by atoms with van der Waals surface area (Å²) in [6.07, 6.45) is 3.23.